The molecule has 1 aliphatic rings. The standard InChI is InChI=1S/C12H16BFO4/c1-2-10-9-6-8(14)7-11(17-5-3-4-15)12(9)13(16)18-10/h6-7,10,15-16H,2-5H2,1H3/t10-/m1/s1. The highest BCUT2D eigenvalue weighted by atomic mass is 19.1. The summed E-state index contributed by atoms with van der Waals surface area (Å²) < 4.78 is 24.2. The maximum absolute atomic E-state index is 13.5. The minimum absolute atomic E-state index is 0.00808. The monoisotopic (exact) mass is 254 g/mol. The molecule has 0 aliphatic carbocycles. The molecule has 1 aromatic carbocycles. The molecule has 1 atom stereocenters. The first kappa shape index (κ1) is 13.3. The Morgan fingerprint density at radius 2 is 2.28 bits per heavy atom. The summed E-state index contributed by atoms with van der Waals surface area (Å²) in [5, 5.41) is 18.5. The van der Waals surface area contributed by atoms with E-state index in [9.17, 15) is 9.41 Å². The predicted molar refractivity (Wildman–Crippen MR) is 65.3 cm³/mol. The van der Waals surface area contributed by atoms with Gasteiger partial charge in [0, 0.05) is 24.6 Å². The number of hydrogen-bond donors (Lipinski definition) is 2. The van der Waals surface area contributed by atoms with Gasteiger partial charge in [0.1, 0.15) is 11.6 Å². The summed E-state index contributed by atoms with van der Waals surface area (Å²) in [6, 6.07) is 2.61. The summed E-state index contributed by atoms with van der Waals surface area (Å²) in [5.41, 5.74) is 1.14. The van der Waals surface area contributed by atoms with Crippen LogP contribution in [-0.4, -0.2) is 30.5 Å². The van der Waals surface area contributed by atoms with Crippen LogP contribution in [0, 0.1) is 5.82 Å². The normalized spacial score (nSPS) is 18.0. The minimum Gasteiger partial charge on any atom is -0.494 e. The number of halogens is 1. The fraction of sp³-hybridized carbons (Fsp3) is 0.500. The van der Waals surface area contributed by atoms with E-state index in [-0.39, 0.29) is 19.3 Å². The highest BCUT2D eigenvalue weighted by Crippen LogP contribution is 2.30. The molecular formula is C12H16BFO4. The molecule has 2 rings (SSSR count). The summed E-state index contributed by atoms with van der Waals surface area (Å²) in [6.45, 7) is 2.19. The van der Waals surface area contributed by atoms with E-state index in [4.69, 9.17) is 14.5 Å². The van der Waals surface area contributed by atoms with Crippen LogP contribution in [0.15, 0.2) is 12.1 Å². The lowest BCUT2D eigenvalue weighted by Crippen LogP contribution is -2.30. The van der Waals surface area contributed by atoms with E-state index in [1.807, 2.05) is 6.92 Å². The first-order valence-electron chi connectivity index (χ1n) is 6.08. The molecular weight excluding hydrogens is 238 g/mol. The molecule has 2 N–H and O–H groups in total. The zero-order chi connectivity index (χ0) is 13.1. The SMILES string of the molecule is CC[C@H]1OB(O)c2c(OCCCO)cc(F)cc21. The van der Waals surface area contributed by atoms with Gasteiger partial charge in [-0.25, -0.2) is 4.39 Å². The van der Waals surface area contributed by atoms with Crippen molar-refractivity contribution in [1.82, 2.24) is 0 Å². The van der Waals surface area contributed by atoms with Crippen LogP contribution in [0.2, 0.25) is 0 Å². The maximum Gasteiger partial charge on any atom is 0.495 e. The second-order valence-corrected chi connectivity index (χ2v) is 4.22. The predicted octanol–water partition coefficient (Wildman–Crippen LogP) is 0.756. The summed E-state index contributed by atoms with van der Waals surface area (Å²) in [4.78, 5) is 0. The van der Waals surface area contributed by atoms with Crippen molar-refractivity contribution in [2.45, 2.75) is 25.9 Å². The summed E-state index contributed by atoms with van der Waals surface area (Å²) in [6.07, 6.45) is 0.814. The van der Waals surface area contributed by atoms with E-state index in [2.05, 4.69) is 0 Å². The summed E-state index contributed by atoms with van der Waals surface area (Å²) in [5.74, 6) is -0.120. The highest BCUT2D eigenvalue weighted by Gasteiger charge is 2.37. The third kappa shape index (κ3) is 2.50. The molecule has 0 unspecified atom stereocenters. The smallest absolute Gasteiger partial charge is 0.494 e. The van der Waals surface area contributed by atoms with E-state index in [1.165, 1.54) is 12.1 Å². The van der Waals surface area contributed by atoms with Crippen molar-refractivity contribution in [3.63, 3.8) is 0 Å². The summed E-state index contributed by atoms with van der Waals surface area (Å²) in [7, 11) is -1.07. The molecule has 98 valence electrons. The third-order valence-corrected chi connectivity index (χ3v) is 2.96. The van der Waals surface area contributed by atoms with Gasteiger partial charge in [-0.05, 0) is 18.1 Å². The Morgan fingerprint density at radius 3 is 2.94 bits per heavy atom. The molecule has 0 aromatic heterocycles. The molecule has 0 saturated carbocycles. The van der Waals surface area contributed by atoms with Crippen LogP contribution in [0.25, 0.3) is 0 Å². The van der Waals surface area contributed by atoms with Crippen molar-refractivity contribution in [3.05, 3.63) is 23.5 Å². The molecule has 1 aliphatic heterocycles. The van der Waals surface area contributed by atoms with E-state index < -0.39 is 12.9 Å². The van der Waals surface area contributed by atoms with Crippen molar-refractivity contribution in [1.29, 1.82) is 0 Å². The third-order valence-electron chi connectivity index (χ3n) is 2.96. The van der Waals surface area contributed by atoms with Crippen LogP contribution in [0.4, 0.5) is 4.39 Å². The molecule has 0 amide bonds. The van der Waals surface area contributed by atoms with E-state index in [0.717, 1.165) is 0 Å². The van der Waals surface area contributed by atoms with Gasteiger partial charge in [0.25, 0.3) is 0 Å². The Labute approximate surface area is 105 Å². The van der Waals surface area contributed by atoms with Gasteiger partial charge < -0.3 is 19.5 Å². The number of ether oxygens (including phenoxy) is 1. The second kappa shape index (κ2) is 5.69. The molecule has 18 heavy (non-hydrogen) atoms. The Kier molecular flexibility index (Phi) is 4.21. The minimum atomic E-state index is -1.07. The van der Waals surface area contributed by atoms with Crippen molar-refractivity contribution >= 4 is 12.6 Å². The first-order chi connectivity index (χ1) is 8.67. The van der Waals surface area contributed by atoms with Crippen LogP contribution >= 0.6 is 0 Å². The van der Waals surface area contributed by atoms with Gasteiger partial charge in [0.05, 0.1) is 12.7 Å². The van der Waals surface area contributed by atoms with Crippen molar-refractivity contribution in [2.75, 3.05) is 13.2 Å². The molecule has 0 radical (unpaired) electrons. The maximum atomic E-state index is 13.5. The van der Waals surface area contributed by atoms with Gasteiger partial charge in [-0.1, -0.05) is 6.92 Å². The van der Waals surface area contributed by atoms with Crippen molar-refractivity contribution < 1.29 is 23.9 Å². The van der Waals surface area contributed by atoms with Crippen LogP contribution in [0.3, 0.4) is 0 Å². The van der Waals surface area contributed by atoms with Crippen LogP contribution in [-0.2, 0) is 4.65 Å². The van der Waals surface area contributed by atoms with Crippen LogP contribution < -0.4 is 10.2 Å². The molecule has 0 bridgehead atoms. The molecule has 0 saturated heterocycles. The Hall–Kier alpha value is -1.11. The number of hydrogen-bond acceptors (Lipinski definition) is 4. The summed E-state index contributed by atoms with van der Waals surface area (Å²) >= 11 is 0. The van der Waals surface area contributed by atoms with Gasteiger partial charge in [0.2, 0.25) is 0 Å². The number of benzene rings is 1. The van der Waals surface area contributed by atoms with Gasteiger partial charge in [-0.15, -0.1) is 0 Å². The fourth-order valence-electron chi connectivity index (χ4n) is 2.12. The lowest BCUT2D eigenvalue weighted by Gasteiger charge is -2.11. The first-order valence-corrected chi connectivity index (χ1v) is 6.08. The van der Waals surface area contributed by atoms with Crippen LogP contribution in [0.1, 0.15) is 31.4 Å². The number of fused-ring (bicyclic) bond motifs is 1. The molecule has 0 spiro atoms. The Balaban J connectivity index is 2.30. The van der Waals surface area contributed by atoms with Gasteiger partial charge in [-0.3, -0.25) is 0 Å². The molecule has 1 heterocycles. The number of aliphatic hydroxyl groups is 1. The molecule has 0 fully saturated rings. The molecule has 4 nitrogen and oxygen atoms in total. The molecule has 6 heteroatoms. The average Bonchev–Trinajstić information content (AvgIpc) is 2.66. The lowest BCUT2D eigenvalue weighted by atomic mass is 9.78. The fourth-order valence-corrected chi connectivity index (χ4v) is 2.12. The largest absolute Gasteiger partial charge is 0.495 e. The molecule has 1 aromatic rings. The van der Waals surface area contributed by atoms with Crippen molar-refractivity contribution in [2.24, 2.45) is 0 Å². The lowest BCUT2D eigenvalue weighted by molar-refractivity contribution is 0.186. The van der Waals surface area contributed by atoms with Gasteiger partial charge >= 0.3 is 7.12 Å². The van der Waals surface area contributed by atoms with E-state index in [1.54, 1.807) is 0 Å². The zero-order valence-corrected chi connectivity index (χ0v) is 10.2. The van der Waals surface area contributed by atoms with Gasteiger partial charge in [0.15, 0.2) is 0 Å². The average molecular weight is 254 g/mol. The number of rotatable bonds is 5. The van der Waals surface area contributed by atoms with E-state index >= 15 is 0 Å². The Bertz CT molecular complexity index is 427. The zero-order valence-electron chi connectivity index (χ0n) is 10.2. The van der Waals surface area contributed by atoms with Crippen molar-refractivity contribution in [3.8, 4) is 5.75 Å². The van der Waals surface area contributed by atoms with Gasteiger partial charge in [-0.2, -0.15) is 0 Å². The van der Waals surface area contributed by atoms with E-state index in [0.29, 0.717) is 29.6 Å². The van der Waals surface area contributed by atoms with Crippen LogP contribution in [0.5, 0.6) is 5.75 Å². The quantitative estimate of drug-likeness (QED) is 0.601. The topological polar surface area (TPSA) is 58.9 Å². The Morgan fingerprint density at radius 1 is 1.50 bits per heavy atom. The number of aliphatic hydroxyl groups excluding tert-OH is 1. The second-order valence-electron chi connectivity index (χ2n) is 4.22. The highest BCUT2D eigenvalue weighted by molar-refractivity contribution is 6.62.